The SMILES string of the molecule is Cc1cc(Cl)c(O)cc1C(O)C(C)N. The Morgan fingerprint density at radius 2 is 2.00 bits per heavy atom. The van der Waals surface area contributed by atoms with E-state index in [2.05, 4.69) is 0 Å². The van der Waals surface area contributed by atoms with Gasteiger partial charge < -0.3 is 15.9 Å². The van der Waals surface area contributed by atoms with Crippen molar-refractivity contribution in [2.24, 2.45) is 5.73 Å². The highest BCUT2D eigenvalue weighted by molar-refractivity contribution is 6.32. The number of rotatable bonds is 2. The van der Waals surface area contributed by atoms with Crippen molar-refractivity contribution in [2.45, 2.75) is 26.0 Å². The van der Waals surface area contributed by atoms with Crippen molar-refractivity contribution in [3.8, 4) is 5.75 Å². The van der Waals surface area contributed by atoms with E-state index in [0.717, 1.165) is 5.56 Å². The average Bonchev–Trinajstić information content (AvgIpc) is 2.10. The van der Waals surface area contributed by atoms with Gasteiger partial charge in [-0.15, -0.1) is 0 Å². The summed E-state index contributed by atoms with van der Waals surface area (Å²) in [6, 6.07) is 2.68. The quantitative estimate of drug-likeness (QED) is 0.704. The first-order valence-corrected chi connectivity index (χ1v) is 4.74. The van der Waals surface area contributed by atoms with Crippen molar-refractivity contribution in [1.82, 2.24) is 0 Å². The van der Waals surface area contributed by atoms with Gasteiger partial charge in [0.25, 0.3) is 0 Å². The fourth-order valence-corrected chi connectivity index (χ4v) is 1.50. The fourth-order valence-electron chi connectivity index (χ4n) is 1.28. The van der Waals surface area contributed by atoms with Crippen molar-refractivity contribution < 1.29 is 10.2 Å². The van der Waals surface area contributed by atoms with Crippen LogP contribution in [0.3, 0.4) is 0 Å². The molecule has 2 atom stereocenters. The maximum atomic E-state index is 9.71. The van der Waals surface area contributed by atoms with Gasteiger partial charge in [-0.25, -0.2) is 0 Å². The topological polar surface area (TPSA) is 66.5 Å². The smallest absolute Gasteiger partial charge is 0.134 e. The lowest BCUT2D eigenvalue weighted by Gasteiger charge is -2.17. The molecule has 1 aromatic rings. The number of hydrogen-bond acceptors (Lipinski definition) is 3. The molecule has 0 aliphatic carbocycles. The minimum absolute atomic E-state index is 0.0352. The monoisotopic (exact) mass is 215 g/mol. The van der Waals surface area contributed by atoms with Crippen LogP contribution in [0, 0.1) is 6.92 Å². The minimum atomic E-state index is -0.779. The third-order valence-corrected chi connectivity index (χ3v) is 2.45. The lowest BCUT2D eigenvalue weighted by atomic mass is 9.99. The molecule has 0 aromatic heterocycles. The molecule has 78 valence electrons. The van der Waals surface area contributed by atoms with Crippen LogP contribution in [0.25, 0.3) is 0 Å². The van der Waals surface area contributed by atoms with Crippen LogP contribution in [0.1, 0.15) is 24.2 Å². The zero-order valence-corrected chi connectivity index (χ0v) is 8.92. The van der Waals surface area contributed by atoms with Crippen LogP contribution >= 0.6 is 11.6 Å². The van der Waals surface area contributed by atoms with Gasteiger partial charge in [0.2, 0.25) is 0 Å². The van der Waals surface area contributed by atoms with Gasteiger partial charge in [-0.1, -0.05) is 11.6 Å². The molecule has 3 nitrogen and oxygen atoms in total. The molecule has 0 radical (unpaired) electrons. The van der Waals surface area contributed by atoms with Gasteiger partial charge in [0.15, 0.2) is 0 Å². The molecule has 4 heteroatoms. The Kier molecular flexibility index (Phi) is 3.37. The second kappa shape index (κ2) is 4.17. The van der Waals surface area contributed by atoms with Gasteiger partial charge in [-0.2, -0.15) is 0 Å². The zero-order valence-electron chi connectivity index (χ0n) is 8.16. The standard InChI is InChI=1S/C10H14ClNO2/c1-5-3-8(11)9(13)4-7(5)10(14)6(2)12/h3-4,6,10,13-14H,12H2,1-2H3. The first kappa shape index (κ1) is 11.3. The largest absolute Gasteiger partial charge is 0.506 e. The molecule has 0 spiro atoms. The minimum Gasteiger partial charge on any atom is -0.506 e. The van der Waals surface area contributed by atoms with Crippen LogP contribution in [-0.2, 0) is 0 Å². The fraction of sp³-hybridized carbons (Fsp3) is 0.400. The van der Waals surface area contributed by atoms with E-state index in [-0.39, 0.29) is 16.8 Å². The lowest BCUT2D eigenvalue weighted by Crippen LogP contribution is -2.24. The Hall–Kier alpha value is -0.770. The van der Waals surface area contributed by atoms with E-state index in [9.17, 15) is 10.2 Å². The molecular formula is C10H14ClNO2. The second-order valence-electron chi connectivity index (χ2n) is 3.46. The van der Waals surface area contributed by atoms with E-state index in [1.807, 2.05) is 6.92 Å². The summed E-state index contributed by atoms with van der Waals surface area (Å²) in [5, 5.41) is 19.4. The zero-order chi connectivity index (χ0) is 10.9. The Morgan fingerprint density at radius 1 is 1.43 bits per heavy atom. The van der Waals surface area contributed by atoms with Crippen LogP contribution < -0.4 is 5.73 Å². The number of benzene rings is 1. The Bertz CT molecular complexity index is 339. The van der Waals surface area contributed by atoms with Gasteiger partial charge in [0.05, 0.1) is 11.1 Å². The number of phenols is 1. The molecule has 0 aliphatic heterocycles. The van der Waals surface area contributed by atoms with Crippen molar-refractivity contribution in [3.63, 3.8) is 0 Å². The Morgan fingerprint density at radius 3 is 2.50 bits per heavy atom. The molecule has 0 fully saturated rings. The van der Waals surface area contributed by atoms with E-state index in [4.69, 9.17) is 17.3 Å². The molecule has 1 rings (SSSR count). The highest BCUT2D eigenvalue weighted by Gasteiger charge is 2.16. The molecule has 0 saturated heterocycles. The van der Waals surface area contributed by atoms with Gasteiger partial charge in [-0.3, -0.25) is 0 Å². The summed E-state index contributed by atoms with van der Waals surface area (Å²) in [7, 11) is 0. The predicted molar refractivity (Wildman–Crippen MR) is 56.5 cm³/mol. The number of nitrogens with two attached hydrogens (primary N) is 1. The van der Waals surface area contributed by atoms with Crippen LogP contribution in [0.2, 0.25) is 5.02 Å². The first-order chi connectivity index (χ1) is 6.43. The van der Waals surface area contributed by atoms with E-state index >= 15 is 0 Å². The van der Waals surface area contributed by atoms with E-state index in [1.54, 1.807) is 13.0 Å². The Labute approximate surface area is 88.1 Å². The van der Waals surface area contributed by atoms with Crippen molar-refractivity contribution in [1.29, 1.82) is 0 Å². The maximum Gasteiger partial charge on any atom is 0.134 e. The van der Waals surface area contributed by atoms with Crippen molar-refractivity contribution in [3.05, 3.63) is 28.3 Å². The summed E-state index contributed by atoms with van der Waals surface area (Å²) >= 11 is 5.71. The number of halogens is 1. The van der Waals surface area contributed by atoms with Crippen LogP contribution in [0.4, 0.5) is 0 Å². The molecule has 0 saturated carbocycles. The molecule has 1 aromatic carbocycles. The summed E-state index contributed by atoms with van der Waals surface area (Å²) in [4.78, 5) is 0. The highest BCUT2D eigenvalue weighted by atomic mass is 35.5. The first-order valence-electron chi connectivity index (χ1n) is 4.36. The number of phenolic OH excluding ortho intramolecular Hbond substituents is 1. The molecule has 0 bridgehead atoms. The lowest BCUT2D eigenvalue weighted by molar-refractivity contribution is 0.152. The molecular weight excluding hydrogens is 202 g/mol. The maximum absolute atomic E-state index is 9.71. The average molecular weight is 216 g/mol. The summed E-state index contributed by atoms with van der Waals surface area (Å²) in [5.41, 5.74) is 6.99. The summed E-state index contributed by atoms with van der Waals surface area (Å²) < 4.78 is 0. The third kappa shape index (κ3) is 2.18. The van der Waals surface area contributed by atoms with Crippen molar-refractivity contribution >= 4 is 11.6 Å². The molecule has 14 heavy (non-hydrogen) atoms. The van der Waals surface area contributed by atoms with E-state index < -0.39 is 6.10 Å². The number of aryl methyl sites for hydroxylation is 1. The number of aliphatic hydroxyl groups is 1. The predicted octanol–water partition coefficient (Wildman–Crippen LogP) is 1.73. The number of hydrogen-bond donors (Lipinski definition) is 3. The summed E-state index contributed by atoms with van der Waals surface area (Å²) in [6.07, 6.45) is -0.779. The normalized spacial score (nSPS) is 15.2. The molecule has 0 heterocycles. The van der Waals surface area contributed by atoms with Crippen molar-refractivity contribution in [2.75, 3.05) is 0 Å². The number of aromatic hydroxyl groups is 1. The van der Waals surface area contributed by atoms with Gasteiger partial charge >= 0.3 is 0 Å². The summed E-state index contributed by atoms with van der Waals surface area (Å²) in [6.45, 7) is 3.52. The molecule has 0 aliphatic rings. The van der Waals surface area contributed by atoms with Crippen LogP contribution in [0.15, 0.2) is 12.1 Å². The second-order valence-corrected chi connectivity index (χ2v) is 3.87. The van der Waals surface area contributed by atoms with E-state index in [1.165, 1.54) is 6.07 Å². The van der Waals surface area contributed by atoms with Crippen LogP contribution in [-0.4, -0.2) is 16.3 Å². The molecule has 4 N–H and O–H groups in total. The van der Waals surface area contributed by atoms with Gasteiger partial charge in [0.1, 0.15) is 5.75 Å². The number of aliphatic hydroxyl groups excluding tert-OH is 1. The summed E-state index contributed by atoms with van der Waals surface area (Å²) in [5.74, 6) is -0.0352. The van der Waals surface area contributed by atoms with E-state index in [0.29, 0.717) is 5.56 Å². The van der Waals surface area contributed by atoms with Gasteiger partial charge in [-0.05, 0) is 37.1 Å². The van der Waals surface area contributed by atoms with Crippen LogP contribution in [0.5, 0.6) is 5.75 Å². The Balaban J connectivity index is 3.15. The highest BCUT2D eigenvalue weighted by Crippen LogP contribution is 2.30. The van der Waals surface area contributed by atoms with Gasteiger partial charge in [0, 0.05) is 6.04 Å². The molecule has 2 unspecified atom stereocenters. The third-order valence-electron chi connectivity index (χ3n) is 2.15. The molecule has 0 amide bonds.